The van der Waals surface area contributed by atoms with Gasteiger partial charge in [-0.15, -0.1) is 0 Å². The lowest BCUT2D eigenvalue weighted by Gasteiger charge is -2.06. The van der Waals surface area contributed by atoms with Crippen LogP contribution in [-0.4, -0.2) is 14.7 Å². The molecule has 0 amide bonds. The second-order valence-corrected chi connectivity index (χ2v) is 7.26. The molecule has 3 aromatic rings. The zero-order valence-electron chi connectivity index (χ0n) is 12.0. The number of hydrogen-bond acceptors (Lipinski definition) is 4. The fraction of sp³-hybridized carbons (Fsp3) is 0.0625. The summed E-state index contributed by atoms with van der Waals surface area (Å²) < 4.78 is 30.2. The maximum atomic E-state index is 12.5. The molecule has 0 radical (unpaired) electrons. The van der Waals surface area contributed by atoms with E-state index in [4.69, 9.17) is 16.0 Å². The van der Waals surface area contributed by atoms with E-state index in [9.17, 15) is 13.2 Å². The quantitative estimate of drug-likeness (QED) is 0.785. The monoisotopic (exact) mass is 349 g/mol. The molecule has 0 saturated heterocycles. The minimum Gasteiger partial charge on any atom is -0.463 e. The van der Waals surface area contributed by atoms with Gasteiger partial charge < -0.3 is 4.42 Å². The van der Waals surface area contributed by atoms with Crippen molar-refractivity contribution in [1.29, 1.82) is 0 Å². The van der Waals surface area contributed by atoms with Crippen LogP contribution in [0.25, 0.3) is 22.1 Å². The summed E-state index contributed by atoms with van der Waals surface area (Å²) in [5, 5.41) is 0.926. The Morgan fingerprint density at radius 1 is 1.09 bits per heavy atom. The molecule has 1 heterocycles. The molecule has 3 rings (SSSR count). The molecule has 1 aromatic heterocycles. The van der Waals surface area contributed by atoms with Gasteiger partial charge in [-0.1, -0.05) is 23.7 Å². The highest BCUT2D eigenvalue weighted by atomic mass is 35.5. The van der Waals surface area contributed by atoms with Crippen molar-refractivity contribution in [2.75, 3.05) is 11.0 Å². The molecular formula is C16H12ClNO4S. The topological polar surface area (TPSA) is 76.4 Å². The third kappa shape index (κ3) is 3.38. The number of rotatable bonds is 3. The summed E-state index contributed by atoms with van der Waals surface area (Å²) in [6.45, 7) is 0. The van der Waals surface area contributed by atoms with Crippen molar-refractivity contribution in [3.63, 3.8) is 0 Å². The molecule has 0 atom stereocenters. The van der Waals surface area contributed by atoms with E-state index in [0.29, 0.717) is 32.8 Å². The number of hydrogen-bond donors (Lipinski definition) is 1. The largest absolute Gasteiger partial charge is 0.463 e. The van der Waals surface area contributed by atoms with Gasteiger partial charge in [0, 0.05) is 16.8 Å². The summed E-state index contributed by atoms with van der Waals surface area (Å²) >= 11 is 5.88. The molecule has 0 spiro atoms. The fourth-order valence-electron chi connectivity index (χ4n) is 2.23. The Bertz CT molecular complexity index is 1040. The van der Waals surface area contributed by atoms with E-state index in [-0.39, 0.29) is 5.43 Å². The highest BCUT2D eigenvalue weighted by Crippen LogP contribution is 2.23. The molecule has 5 nitrogen and oxygen atoms in total. The molecule has 1 N–H and O–H groups in total. The summed E-state index contributed by atoms with van der Waals surface area (Å²) in [5.74, 6) is 0. The summed E-state index contributed by atoms with van der Waals surface area (Å²) in [6, 6.07) is 11.3. The Labute approximate surface area is 137 Å². The Morgan fingerprint density at radius 2 is 1.78 bits per heavy atom. The molecule has 0 aliphatic carbocycles. The van der Waals surface area contributed by atoms with Crippen LogP contribution in [0.4, 0.5) is 5.69 Å². The zero-order chi connectivity index (χ0) is 16.6. The molecule has 0 bridgehead atoms. The van der Waals surface area contributed by atoms with Gasteiger partial charge in [0.15, 0.2) is 5.43 Å². The first-order chi connectivity index (χ1) is 10.8. The summed E-state index contributed by atoms with van der Waals surface area (Å²) in [4.78, 5) is 12.5. The van der Waals surface area contributed by atoms with Gasteiger partial charge >= 0.3 is 0 Å². The van der Waals surface area contributed by atoms with Crippen molar-refractivity contribution in [2.24, 2.45) is 0 Å². The van der Waals surface area contributed by atoms with Gasteiger partial charge in [-0.05, 0) is 29.8 Å². The second-order valence-electron chi connectivity index (χ2n) is 5.07. The van der Waals surface area contributed by atoms with Crippen LogP contribution in [0, 0.1) is 0 Å². The maximum Gasteiger partial charge on any atom is 0.229 e. The fourth-order valence-corrected chi connectivity index (χ4v) is 2.96. The summed E-state index contributed by atoms with van der Waals surface area (Å²) in [5.41, 5.74) is 1.70. The van der Waals surface area contributed by atoms with Crippen molar-refractivity contribution in [2.45, 2.75) is 0 Å². The lowest BCUT2D eigenvalue weighted by Crippen LogP contribution is -2.09. The van der Waals surface area contributed by atoms with Crippen LogP contribution >= 0.6 is 11.6 Å². The smallest absolute Gasteiger partial charge is 0.229 e. The lowest BCUT2D eigenvalue weighted by molar-refractivity contribution is 0.604. The Kier molecular flexibility index (Phi) is 3.87. The number of benzene rings is 2. The van der Waals surface area contributed by atoms with Gasteiger partial charge in [0.25, 0.3) is 0 Å². The van der Waals surface area contributed by atoms with Crippen molar-refractivity contribution < 1.29 is 12.8 Å². The van der Waals surface area contributed by atoms with Gasteiger partial charge in [-0.3, -0.25) is 9.52 Å². The van der Waals surface area contributed by atoms with Crippen molar-refractivity contribution in [3.05, 3.63) is 64.0 Å². The molecule has 118 valence electrons. The van der Waals surface area contributed by atoms with Crippen LogP contribution < -0.4 is 10.2 Å². The minimum absolute atomic E-state index is 0.174. The van der Waals surface area contributed by atoms with E-state index in [0.717, 1.165) is 6.26 Å². The van der Waals surface area contributed by atoms with Gasteiger partial charge in [-0.2, -0.15) is 0 Å². The first kappa shape index (κ1) is 15.6. The number of nitrogens with one attached hydrogen (secondary N) is 1. The van der Waals surface area contributed by atoms with Crippen LogP contribution in [0.2, 0.25) is 5.02 Å². The van der Waals surface area contributed by atoms with E-state index in [1.165, 1.54) is 6.26 Å². The number of anilines is 1. The predicted molar refractivity (Wildman–Crippen MR) is 91.4 cm³/mol. The van der Waals surface area contributed by atoms with Gasteiger partial charge in [0.2, 0.25) is 10.0 Å². The summed E-state index contributed by atoms with van der Waals surface area (Å²) in [6.07, 6.45) is 2.45. The third-order valence-corrected chi connectivity index (χ3v) is 4.08. The Morgan fingerprint density at radius 3 is 2.43 bits per heavy atom. The molecule has 0 aliphatic heterocycles. The minimum atomic E-state index is -3.34. The lowest BCUT2D eigenvalue weighted by atomic mass is 10.1. The highest BCUT2D eigenvalue weighted by Gasteiger charge is 2.10. The van der Waals surface area contributed by atoms with Crippen LogP contribution in [-0.2, 0) is 10.0 Å². The molecular weight excluding hydrogens is 338 g/mol. The number of sulfonamides is 1. The SMILES string of the molecule is CS(=O)(=O)Nc1ccc(-c2coc3cc(Cl)ccc3c2=O)cc1. The zero-order valence-corrected chi connectivity index (χ0v) is 13.6. The predicted octanol–water partition coefficient (Wildman–Crippen LogP) is 3.48. The number of halogens is 1. The van der Waals surface area contributed by atoms with Crippen LogP contribution in [0.5, 0.6) is 0 Å². The molecule has 2 aromatic carbocycles. The van der Waals surface area contributed by atoms with E-state index in [1.807, 2.05) is 0 Å². The summed E-state index contributed by atoms with van der Waals surface area (Å²) in [7, 11) is -3.34. The first-order valence-corrected chi connectivity index (χ1v) is 8.90. The molecule has 23 heavy (non-hydrogen) atoms. The average Bonchev–Trinajstić information content (AvgIpc) is 2.47. The molecule has 0 unspecified atom stereocenters. The average molecular weight is 350 g/mol. The van der Waals surface area contributed by atoms with Crippen molar-refractivity contribution in [1.82, 2.24) is 0 Å². The number of fused-ring (bicyclic) bond motifs is 1. The van der Waals surface area contributed by atoms with Gasteiger partial charge in [0.05, 0.1) is 17.2 Å². The Hall–Kier alpha value is -2.31. The van der Waals surface area contributed by atoms with Gasteiger partial charge in [-0.25, -0.2) is 8.42 Å². The van der Waals surface area contributed by atoms with Crippen LogP contribution in [0.3, 0.4) is 0 Å². The van der Waals surface area contributed by atoms with Crippen molar-refractivity contribution >= 4 is 38.3 Å². The maximum absolute atomic E-state index is 12.5. The third-order valence-electron chi connectivity index (χ3n) is 3.24. The standard InChI is InChI=1S/C16H12ClNO4S/c1-23(20,21)18-12-5-2-10(3-6-12)14-9-22-15-8-11(17)4-7-13(15)16(14)19/h2-9,18H,1H3. The molecule has 0 saturated carbocycles. The van der Waals surface area contributed by atoms with E-state index >= 15 is 0 Å². The van der Waals surface area contributed by atoms with Crippen molar-refractivity contribution in [3.8, 4) is 11.1 Å². The van der Waals surface area contributed by atoms with E-state index in [2.05, 4.69) is 4.72 Å². The molecule has 0 fully saturated rings. The van der Waals surface area contributed by atoms with Gasteiger partial charge in [0.1, 0.15) is 11.8 Å². The Balaban J connectivity index is 2.05. The normalized spacial score (nSPS) is 11.6. The first-order valence-electron chi connectivity index (χ1n) is 6.63. The molecule has 0 aliphatic rings. The van der Waals surface area contributed by atoms with E-state index < -0.39 is 10.0 Å². The van der Waals surface area contributed by atoms with Crippen LogP contribution in [0.15, 0.2) is 57.9 Å². The van der Waals surface area contributed by atoms with E-state index in [1.54, 1.807) is 42.5 Å². The second kappa shape index (κ2) is 5.72. The van der Waals surface area contributed by atoms with Crippen LogP contribution in [0.1, 0.15) is 0 Å². The molecule has 7 heteroatoms. The highest BCUT2D eigenvalue weighted by molar-refractivity contribution is 7.92.